The summed E-state index contributed by atoms with van der Waals surface area (Å²) in [5.74, 6) is -7.01. The van der Waals surface area contributed by atoms with Gasteiger partial charge in [-0.25, -0.2) is 0 Å². The summed E-state index contributed by atoms with van der Waals surface area (Å²) in [6, 6.07) is 11.9. The van der Waals surface area contributed by atoms with Gasteiger partial charge in [0.2, 0.25) is 11.8 Å². The Kier molecular flexibility index (Phi) is 9.65. The predicted molar refractivity (Wildman–Crippen MR) is 136 cm³/mol. The van der Waals surface area contributed by atoms with Crippen molar-refractivity contribution in [3.05, 3.63) is 69.7 Å². The fourth-order valence-corrected chi connectivity index (χ4v) is 4.82. The average molecular weight is 590 g/mol. The number of halogens is 7. The van der Waals surface area contributed by atoms with Crippen molar-refractivity contribution in [2.75, 3.05) is 0 Å². The molecule has 2 aromatic carbocycles. The van der Waals surface area contributed by atoms with Crippen molar-refractivity contribution >= 4 is 34.9 Å². The molecule has 13 heteroatoms. The highest BCUT2D eigenvalue weighted by Crippen LogP contribution is 2.33. The monoisotopic (exact) mass is 589 g/mol. The van der Waals surface area contributed by atoms with E-state index in [0.29, 0.717) is 16.7 Å². The Bertz CT molecular complexity index is 1310. The number of fused-ring (bicyclic) bond motifs is 1. The van der Waals surface area contributed by atoms with Gasteiger partial charge in [0.15, 0.2) is 11.9 Å². The quantitative estimate of drug-likeness (QED) is 0.380. The van der Waals surface area contributed by atoms with E-state index in [1.807, 2.05) is 13.0 Å². The smallest absolute Gasteiger partial charge is 0.369 e. The highest BCUT2D eigenvalue weighted by molar-refractivity contribution is 6.32. The van der Waals surface area contributed by atoms with Crippen LogP contribution in [-0.4, -0.2) is 41.8 Å². The number of nitrogens with one attached hydrogen (secondary N) is 1. The van der Waals surface area contributed by atoms with Crippen molar-refractivity contribution in [2.45, 2.75) is 57.5 Å². The second kappa shape index (κ2) is 12.4. The molecule has 6 nitrogen and oxygen atoms in total. The van der Waals surface area contributed by atoms with E-state index in [9.17, 15) is 40.7 Å². The van der Waals surface area contributed by atoms with Gasteiger partial charge in [0.05, 0.1) is 5.71 Å². The molecule has 0 spiro atoms. The highest BCUT2D eigenvalue weighted by atomic mass is 35.5. The maximum Gasteiger partial charge on any atom is 0.389 e. The van der Waals surface area contributed by atoms with E-state index in [4.69, 9.17) is 17.3 Å². The molecule has 0 aliphatic carbocycles. The van der Waals surface area contributed by atoms with Crippen LogP contribution < -0.4 is 11.1 Å². The third kappa shape index (κ3) is 8.30. The minimum Gasteiger partial charge on any atom is -0.369 e. The second-order valence-corrected chi connectivity index (χ2v) is 10.00. The first-order valence-electron chi connectivity index (χ1n) is 12.2. The SMILES string of the molecule is Cc1cccc(C2=N[C@H](NC(=O)[C@H](CCC(F)(F)F)[C@H](CCC(F)(F)F)C(N)=O)C(=O)Cc3c(Cl)cccc32)c1. The van der Waals surface area contributed by atoms with Gasteiger partial charge in [0.25, 0.3) is 0 Å². The normalized spacial score (nSPS) is 17.4. The maximum absolute atomic E-state index is 13.3. The van der Waals surface area contributed by atoms with Crippen LogP contribution >= 0.6 is 11.6 Å². The van der Waals surface area contributed by atoms with E-state index < -0.39 is 73.6 Å². The molecule has 0 unspecified atom stereocenters. The summed E-state index contributed by atoms with van der Waals surface area (Å²) < 4.78 is 77.7. The summed E-state index contributed by atoms with van der Waals surface area (Å²) >= 11 is 6.36. The van der Waals surface area contributed by atoms with Crippen molar-refractivity contribution in [2.24, 2.45) is 22.6 Å². The van der Waals surface area contributed by atoms with Crippen LogP contribution in [0.3, 0.4) is 0 Å². The number of nitrogens with zero attached hydrogens (tertiary/aromatic N) is 1. The van der Waals surface area contributed by atoms with Gasteiger partial charge in [-0.15, -0.1) is 0 Å². The summed E-state index contributed by atoms with van der Waals surface area (Å²) in [6.07, 6.45) is -16.5. The number of carbonyl (C=O) groups excluding carboxylic acids is 3. The molecule has 0 fully saturated rings. The Labute approximate surface area is 231 Å². The molecule has 2 aromatic rings. The minimum absolute atomic E-state index is 0.252. The third-order valence-corrected chi connectivity index (χ3v) is 6.88. The van der Waals surface area contributed by atoms with E-state index in [1.54, 1.807) is 36.4 Å². The first-order chi connectivity index (χ1) is 18.6. The van der Waals surface area contributed by atoms with E-state index in [1.165, 1.54) is 0 Å². The molecule has 216 valence electrons. The lowest BCUT2D eigenvalue weighted by Crippen LogP contribution is -2.47. The third-order valence-electron chi connectivity index (χ3n) is 6.52. The number of rotatable bonds is 9. The Morgan fingerprint density at radius 1 is 1.02 bits per heavy atom. The van der Waals surface area contributed by atoms with E-state index in [0.717, 1.165) is 5.56 Å². The van der Waals surface area contributed by atoms with Crippen molar-refractivity contribution in [1.82, 2.24) is 5.32 Å². The topological polar surface area (TPSA) is 102 Å². The fourth-order valence-electron chi connectivity index (χ4n) is 4.57. The fraction of sp³-hybridized carbons (Fsp3) is 0.407. The first-order valence-corrected chi connectivity index (χ1v) is 12.6. The standard InChI is InChI=1S/C27H26ClF6N3O3/c1-14-4-2-5-15(12-14)22-16-6-3-7-20(28)19(16)13-21(38)24(36-22)37-25(40)18(9-11-27(32,33)34)17(23(35)39)8-10-26(29,30)31/h2-7,12,17-18,24H,8-11,13H2,1H3,(H2,35,39)(H,37,40)/t17-,18+,24+/m0/s1. The summed E-state index contributed by atoms with van der Waals surface area (Å²) in [7, 11) is 0. The van der Waals surface area contributed by atoms with Crippen LogP contribution in [0.1, 0.15) is 47.9 Å². The van der Waals surface area contributed by atoms with Crippen LogP contribution in [0, 0.1) is 18.8 Å². The number of nitrogens with two attached hydrogens (primary N) is 1. The first kappa shape index (κ1) is 31.1. The summed E-state index contributed by atoms with van der Waals surface area (Å²) in [4.78, 5) is 43.0. The largest absolute Gasteiger partial charge is 0.389 e. The Morgan fingerprint density at radius 3 is 2.20 bits per heavy atom. The molecule has 1 aliphatic rings. The summed E-state index contributed by atoms with van der Waals surface area (Å²) in [6.45, 7) is 1.82. The number of aryl methyl sites for hydroxylation is 1. The molecule has 0 radical (unpaired) electrons. The number of benzene rings is 2. The van der Waals surface area contributed by atoms with Crippen molar-refractivity contribution in [3.63, 3.8) is 0 Å². The van der Waals surface area contributed by atoms with E-state index in [2.05, 4.69) is 10.3 Å². The van der Waals surface area contributed by atoms with E-state index >= 15 is 0 Å². The molecule has 3 N–H and O–H groups in total. The highest BCUT2D eigenvalue weighted by Gasteiger charge is 2.40. The molecule has 2 amide bonds. The Hall–Kier alpha value is -3.41. The summed E-state index contributed by atoms with van der Waals surface area (Å²) in [5.41, 5.74) is 7.83. The number of aliphatic imine (C=N–C) groups is 1. The van der Waals surface area contributed by atoms with Gasteiger partial charge in [-0.1, -0.05) is 47.5 Å². The van der Waals surface area contributed by atoms with Crippen molar-refractivity contribution in [1.29, 1.82) is 0 Å². The lowest BCUT2D eigenvalue weighted by molar-refractivity contribution is -0.152. The average Bonchev–Trinajstić information content (AvgIpc) is 2.97. The number of Topliss-reactive ketones (excluding diaryl/α,β-unsaturated/α-hetero) is 1. The molecule has 3 rings (SSSR count). The number of amides is 2. The number of carbonyl (C=O) groups is 3. The summed E-state index contributed by atoms with van der Waals surface area (Å²) in [5, 5.41) is 2.52. The van der Waals surface area contributed by atoms with Gasteiger partial charge in [-0.3, -0.25) is 19.4 Å². The minimum atomic E-state index is -4.77. The van der Waals surface area contributed by atoms with Crippen LogP contribution in [0.2, 0.25) is 5.02 Å². The maximum atomic E-state index is 13.3. The molecular formula is C27H26ClF6N3O3. The molecule has 0 saturated carbocycles. The van der Waals surface area contributed by atoms with E-state index in [-0.39, 0.29) is 17.2 Å². The zero-order chi connectivity index (χ0) is 29.8. The van der Waals surface area contributed by atoms with Crippen molar-refractivity contribution < 1.29 is 40.7 Å². The molecule has 1 heterocycles. The van der Waals surface area contributed by atoms with Crippen LogP contribution in [-0.2, 0) is 20.8 Å². The van der Waals surface area contributed by atoms with Gasteiger partial charge in [-0.05, 0) is 37.5 Å². The van der Waals surface area contributed by atoms with Gasteiger partial charge in [0.1, 0.15) is 0 Å². The van der Waals surface area contributed by atoms with Gasteiger partial charge in [0, 0.05) is 47.2 Å². The van der Waals surface area contributed by atoms with Crippen LogP contribution in [0.25, 0.3) is 0 Å². The van der Waals surface area contributed by atoms with Crippen LogP contribution in [0.5, 0.6) is 0 Å². The predicted octanol–water partition coefficient (Wildman–Crippen LogP) is 5.46. The van der Waals surface area contributed by atoms with Crippen LogP contribution in [0.15, 0.2) is 47.5 Å². The lowest BCUT2D eigenvalue weighted by Gasteiger charge is -2.26. The molecule has 0 aromatic heterocycles. The lowest BCUT2D eigenvalue weighted by atomic mass is 9.83. The number of ketones is 1. The zero-order valence-corrected chi connectivity index (χ0v) is 22.0. The van der Waals surface area contributed by atoms with Crippen LogP contribution in [0.4, 0.5) is 26.3 Å². The molecular weight excluding hydrogens is 564 g/mol. The number of hydrogen-bond acceptors (Lipinski definition) is 4. The molecule has 1 aliphatic heterocycles. The number of alkyl halides is 6. The number of hydrogen-bond donors (Lipinski definition) is 2. The molecule has 3 atom stereocenters. The Balaban J connectivity index is 2.02. The second-order valence-electron chi connectivity index (χ2n) is 9.59. The van der Waals surface area contributed by atoms with Gasteiger partial charge >= 0.3 is 12.4 Å². The molecule has 0 saturated heterocycles. The number of primary amides is 1. The van der Waals surface area contributed by atoms with Gasteiger partial charge < -0.3 is 11.1 Å². The molecule has 40 heavy (non-hydrogen) atoms. The van der Waals surface area contributed by atoms with Gasteiger partial charge in [-0.2, -0.15) is 26.3 Å². The Morgan fingerprint density at radius 2 is 1.62 bits per heavy atom. The van der Waals surface area contributed by atoms with Crippen molar-refractivity contribution in [3.8, 4) is 0 Å². The molecule has 0 bridgehead atoms. The zero-order valence-electron chi connectivity index (χ0n) is 21.2.